The number of hydrogen-bond donors (Lipinski definition) is 1. The fourth-order valence-electron chi connectivity index (χ4n) is 3.75. The maximum atomic E-state index is 12.8. The summed E-state index contributed by atoms with van der Waals surface area (Å²) in [5.74, 6) is 0.902. The normalized spacial score (nSPS) is 16.2. The van der Waals surface area contributed by atoms with Gasteiger partial charge in [0, 0.05) is 31.5 Å². The number of amides is 2. The van der Waals surface area contributed by atoms with Crippen molar-refractivity contribution in [3.05, 3.63) is 39.8 Å². The van der Waals surface area contributed by atoms with Crippen LogP contribution in [0, 0.1) is 6.92 Å². The largest absolute Gasteiger partial charge is 0.493 e. The molecule has 2 amide bonds. The summed E-state index contributed by atoms with van der Waals surface area (Å²) in [5, 5.41) is 2.91. The van der Waals surface area contributed by atoms with Crippen LogP contribution in [0.25, 0.3) is 0 Å². The highest BCUT2D eigenvalue weighted by atomic mass is 32.1. The minimum atomic E-state index is -0.510. The molecule has 1 aromatic heterocycles. The molecule has 8 nitrogen and oxygen atoms in total. The van der Waals surface area contributed by atoms with Gasteiger partial charge in [0.15, 0.2) is 11.5 Å². The van der Waals surface area contributed by atoms with Gasteiger partial charge in [0.2, 0.25) is 11.8 Å². The molecular weight excluding hydrogens is 430 g/mol. The van der Waals surface area contributed by atoms with Gasteiger partial charge in [0.1, 0.15) is 12.6 Å². The van der Waals surface area contributed by atoms with Crippen LogP contribution in [0.1, 0.15) is 35.4 Å². The first kappa shape index (κ1) is 24.0. The lowest BCUT2D eigenvalue weighted by Crippen LogP contribution is -2.49. The van der Waals surface area contributed by atoms with Crippen molar-refractivity contribution in [3.8, 4) is 11.5 Å². The minimum Gasteiger partial charge on any atom is -0.493 e. The smallest absolute Gasteiger partial charge is 0.249 e. The van der Waals surface area contributed by atoms with Gasteiger partial charge < -0.3 is 24.4 Å². The lowest BCUT2D eigenvalue weighted by molar-refractivity contribution is -0.144. The first-order valence-electron chi connectivity index (χ1n) is 10.8. The van der Waals surface area contributed by atoms with Crippen LogP contribution in [-0.2, 0) is 27.3 Å². The Morgan fingerprint density at radius 1 is 1.28 bits per heavy atom. The van der Waals surface area contributed by atoms with E-state index >= 15 is 0 Å². The molecular formula is C23H31N3O5S. The first-order chi connectivity index (χ1) is 15.5. The Morgan fingerprint density at radius 3 is 2.84 bits per heavy atom. The highest BCUT2D eigenvalue weighted by molar-refractivity contribution is 7.09. The Kier molecular flexibility index (Phi) is 8.87. The van der Waals surface area contributed by atoms with Crippen LogP contribution in [-0.4, -0.2) is 61.7 Å². The molecule has 1 N–H and O–H groups in total. The highest BCUT2D eigenvalue weighted by Crippen LogP contribution is 2.29. The van der Waals surface area contributed by atoms with Gasteiger partial charge in [-0.15, -0.1) is 11.3 Å². The molecule has 1 aliphatic heterocycles. The lowest BCUT2D eigenvalue weighted by atomic mass is 10.1. The van der Waals surface area contributed by atoms with Crippen LogP contribution < -0.4 is 14.8 Å². The summed E-state index contributed by atoms with van der Waals surface area (Å²) in [7, 11) is 3.07. The highest BCUT2D eigenvalue weighted by Gasteiger charge is 2.30. The first-order valence-corrected chi connectivity index (χ1v) is 11.7. The maximum Gasteiger partial charge on any atom is 0.249 e. The van der Waals surface area contributed by atoms with Crippen molar-refractivity contribution < 1.29 is 23.8 Å². The van der Waals surface area contributed by atoms with Crippen molar-refractivity contribution in [2.75, 3.05) is 34.0 Å². The number of benzene rings is 1. The second-order valence-electron chi connectivity index (χ2n) is 7.70. The van der Waals surface area contributed by atoms with Gasteiger partial charge in [0.25, 0.3) is 0 Å². The Labute approximate surface area is 192 Å². The quantitative estimate of drug-likeness (QED) is 0.585. The van der Waals surface area contributed by atoms with Crippen LogP contribution in [0.5, 0.6) is 11.5 Å². The molecule has 9 heteroatoms. The van der Waals surface area contributed by atoms with E-state index in [2.05, 4.69) is 10.3 Å². The Bertz CT molecular complexity index is 917. The molecule has 1 atom stereocenters. The van der Waals surface area contributed by atoms with Gasteiger partial charge in [-0.1, -0.05) is 6.07 Å². The topological polar surface area (TPSA) is 90.0 Å². The number of thiazole rings is 1. The molecule has 1 saturated heterocycles. The van der Waals surface area contributed by atoms with Gasteiger partial charge in [0.05, 0.1) is 24.9 Å². The fraction of sp³-hybridized carbons (Fsp3) is 0.522. The SMILES string of the molecule is COCC(=O)N(Cc1ccc(OCCc2scnc2C)c(OC)c1)[C@H]1CCCCNC1=O. The zero-order chi connectivity index (χ0) is 22.9. The van der Waals surface area contributed by atoms with Crippen molar-refractivity contribution in [1.82, 2.24) is 15.2 Å². The third-order valence-corrected chi connectivity index (χ3v) is 6.48. The number of nitrogens with zero attached hydrogens (tertiary/aromatic N) is 2. The predicted octanol–water partition coefficient (Wildman–Crippen LogP) is 2.73. The molecule has 32 heavy (non-hydrogen) atoms. The number of ether oxygens (including phenoxy) is 3. The molecule has 1 aliphatic rings. The van der Waals surface area contributed by atoms with Crippen LogP contribution in [0.3, 0.4) is 0 Å². The Balaban J connectivity index is 1.72. The van der Waals surface area contributed by atoms with Gasteiger partial charge in [-0.25, -0.2) is 4.98 Å². The summed E-state index contributed by atoms with van der Waals surface area (Å²) in [6.07, 6.45) is 3.21. The van der Waals surface area contributed by atoms with Crippen molar-refractivity contribution in [3.63, 3.8) is 0 Å². The van der Waals surface area contributed by atoms with E-state index in [-0.39, 0.29) is 25.0 Å². The van der Waals surface area contributed by atoms with Crippen LogP contribution in [0.15, 0.2) is 23.7 Å². The monoisotopic (exact) mass is 461 g/mol. The number of carbonyl (C=O) groups is 2. The molecule has 2 aromatic rings. The Hall–Kier alpha value is -2.65. The summed E-state index contributed by atoms with van der Waals surface area (Å²) in [5.41, 5.74) is 3.73. The van der Waals surface area contributed by atoms with Gasteiger partial charge in [-0.2, -0.15) is 0 Å². The summed E-state index contributed by atoms with van der Waals surface area (Å²) in [6, 6.07) is 5.09. The lowest BCUT2D eigenvalue weighted by Gasteiger charge is -2.30. The average Bonchev–Trinajstić information content (AvgIpc) is 3.07. The number of rotatable bonds is 10. The molecule has 1 aromatic carbocycles. The zero-order valence-electron chi connectivity index (χ0n) is 18.9. The van der Waals surface area contributed by atoms with E-state index in [9.17, 15) is 9.59 Å². The van der Waals surface area contributed by atoms with E-state index in [1.807, 2.05) is 30.6 Å². The number of nitrogens with one attached hydrogen (secondary N) is 1. The van der Waals surface area contributed by atoms with Crippen molar-refractivity contribution >= 4 is 23.2 Å². The molecule has 0 aliphatic carbocycles. The average molecular weight is 462 g/mol. The summed E-state index contributed by atoms with van der Waals surface area (Å²) in [6.45, 7) is 3.37. The maximum absolute atomic E-state index is 12.8. The molecule has 174 valence electrons. The van der Waals surface area contributed by atoms with E-state index in [0.29, 0.717) is 31.1 Å². The third kappa shape index (κ3) is 6.20. The Morgan fingerprint density at radius 2 is 2.12 bits per heavy atom. The van der Waals surface area contributed by atoms with E-state index < -0.39 is 6.04 Å². The molecule has 2 heterocycles. The molecule has 1 fully saturated rings. The van der Waals surface area contributed by atoms with Crippen molar-refractivity contribution in [2.45, 2.75) is 45.2 Å². The second kappa shape index (κ2) is 11.8. The number of hydrogen-bond acceptors (Lipinski definition) is 7. The van der Waals surface area contributed by atoms with Crippen LogP contribution in [0.2, 0.25) is 0 Å². The van der Waals surface area contributed by atoms with Gasteiger partial charge in [-0.05, 0) is 43.9 Å². The molecule has 0 bridgehead atoms. The van der Waals surface area contributed by atoms with E-state index in [1.54, 1.807) is 23.3 Å². The number of methoxy groups -OCH3 is 2. The minimum absolute atomic E-state index is 0.0703. The number of carbonyl (C=O) groups excluding carboxylic acids is 2. The van der Waals surface area contributed by atoms with Crippen LogP contribution in [0.4, 0.5) is 0 Å². The molecule has 3 rings (SSSR count). The van der Waals surface area contributed by atoms with E-state index in [0.717, 1.165) is 30.5 Å². The predicted molar refractivity (Wildman–Crippen MR) is 122 cm³/mol. The van der Waals surface area contributed by atoms with E-state index in [1.165, 1.54) is 12.0 Å². The zero-order valence-corrected chi connectivity index (χ0v) is 19.7. The second-order valence-corrected chi connectivity index (χ2v) is 8.64. The number of aryl methyl sites for hydroxylation is 1. The van der Waals surface area contributed by atoms with Crippen molar-refractivity contribution in [2.24, 2.45) is 0 Å². The standard InChI is InChI=1S/C23H31N3O5S/c1-16-21(32-15-25-16)9-11-31-19-8-7-17(12-20(19)30-3)13-26(22(27)14-29-2)18-6-4-5-10-24-23(18)28/h7-8,12,15,18H,4-6,9-11,13-14H2,1-3H3,(H,24,28)/t18-/m0/s1. The third-order valence-electron chi connectivity index (χ3n) is 5.48. The van der Waals surface area contributed by atoms with Gasteiger partial charge in [-0.3, -0.25) is 9.59 Å². The van der Waals surface area contributed by atoms with Gasteiger partial charge >= 0.3 is 0 Å². The van der Waals surface area contributed by atoms with Crippen LogP contribution >= 0.6 is 11.3 Å². The fourth-order valence-corrected chi connectivity index (χ4v) is 4.51. The van der Waals surface area contributed by atoms with Crippen molar-refractivity contribution in [1.29, 1.82) is 0 Å². The summed E-state index contributed by atoms with van der Waals surface area (Å²) in [4.78, 5) is 32.4. The number of aromatic nitrogens is 1. The van der Waals surface area contributed by atoms with E-state index in [4.69, 9.17) is 14.2 Å². The molecule has 0 spiro atoms. The molecule has 0 unspecified atom stereocenters. The molecule has 0 radical (unpaired) electrons. The summed E-state index contributed by atoms with van der Waals surface area (Å²) < 4.78 is 16.5. The summed E-state index contributed by atoms with van der Waals surface area (Å²) >= 11 is 1.62. The molecule has 0 saturated carbocycles.